The maximum atomic E-state index is 13.8. The maximum Gasteiger partial charge on any atom is 0.330 e. The van der Waals surface area contributed by atoms with Crippen LogP contribution in [0.4, 0.5) is 4.39 Å². The van der Waals surface area contributed by atoms with E-state index in [2.05, 4.69) is 0 Å². The lowest BCUT2D eigenvalue weighted by molar-refractivity contribution is 0.604. The molecule has 100 valence electrons. The topological polar surface area (TPSA) is 44.0 Å². The lowest BCUT2D eigenvalue weighted by Crippen LogP contribution is -2.38. The fourth-order valence-corrected chi connectivity index (χ4v) is 2.26. The summed E-state index contributed by atoms with van der Waals surface area (Å²) in [6.45, 7) is 0. The van der Waals surface area contributed by atoms with Crippen LogP contribution in [0.15, 0.2) is 33.9 Å². The number of nitrogens with zero attached hydrogens (tertiary/aromatic N) is 2. The van der Waals surface area contributed by atoms with Crippen LogP contribution < -0.4 is 11.2 Å². The summed E-state index contributed by atoms with van der Waals surface area (Å²) < 4.78 is 17.0. The predicted molar refractivity (Wildman–Crippen MR) is 78.8 cm³/mol. The molecule has 0 bridgehead atoms. The first kappa shape index (κ1) is 14.0. The first-order chi connectivity index (χ1) is 8.90. The van der Waals surface area contributed by atoms with Gasteiger partial charge in [-0.25, -0.2) is 9.18 Å². The second-order valence-corrected chi connectivity index (χ2v) is 5.53. The predicted octanol–water partition coefficient (Wildman–Crippen LogP) is 1.42. The first-order valence-corrected chi connectivity index (χ1v) is 6.68. The Balaban J connectivity index is 2.50. The molecular weight excluding hydrogens is 362 g/mol. The summed E-state index contributed by atoms with van der Waals surface area (Å²) in [7, 11) is 2.99. The molecular formula is C13H12FIN2O2. The van der Waals surface area contributed by atoms with Gasteiger partial charge >= 0.3 is 5.69 Å². The lowest BCUT2D eigenvalue weighted by Gasteiger charge is -2.10. The fourth-order valence-electron chi connectivity index (χ4n) is 1.81. The molecule has 19 heavy (non-hydrogen) atoms. The van der Waals surface area contributed by atoms with Crippen LogP contribution in [0.25, 0.3) is 0 Å². The molecule has 2 aromatic rings. The third-order valence-electron chi connectivity index (χ3n) is 3.01. The van der Waals surface area contributed by atoms with Crippen molar-refractivity contribution in [2.75, 3.05) is 0 Å². The Morgan fingerprint density at radius 1 is 1.16 bits per heavy atom. The number of hydrogen-bond donors (Lipinski definition) is 0. The molecule has 0 spiro atoms. The van der Waals surface area contributed by atoms with Crippen LogP contribution >= 0.6 is 22.6 Å². The second kappa shape index (κ2) is 5.28. The van der Waals surface area contributed by atoms with Gasteiger partial charge in [0, 0.05) is 35.8 Å². The fraction of sp³-hybridized carbons (Fsp3) is 0.231. The van der Waals surface area contributed by atoms with Crippen molar-refractivity contribution < 1.29 is 4.39 Å². The smallest absolute Gasteiger partial charge is 0.300 e. The summed E-state index contributed by atoms with van der Waals surface area (Å²) in [4.78, 5) is 23.4. The molecule has 0 aliphatic rings. The average molecular weight is 374 g/mol. The maximum absolute atomic E-state index is 13.8. The van der Waals surface area contributed by atoms with E-state index in [9.17, 15) is 14.0 Å². The third kappa shape index (κ3) is 2.78. The van der Waals surface area contributed by atoms with E-state index in [0.717, 1.165) is 8.14 Å². The second-order valence-electron chi connectivity index (χ2n) is 4.29. The average Bonchev–Trinajstić information content (AvgIpc) is 2.36. The standard InChI is InChI=1S/C13H12FIN2O2/c1-16-10(7-12(18)17(2)13(16)19)5-8-3-4-9(15)6-11(8)14/h3-4,6-7H,5H2,1-2H3. The molecule has 0 unspecified atom stereocenters. The molecule has 0 fully saturated rings. The van der Waals surface area contributed by atoms with Crippen molar-refractivity contribution in [2.45, 2.75) is 6.42 Å². The summed E-state index contributed by atoms with van der Waals surface area (Å²) >= 11 is 2.03. The van der Waals surface area contributed by atoms with Crippen LogP contribution in [0, 0.1) is 9.39 Å². The van der Waals surface area contributed by atoms with Crippen LogP contribution in [-0.2, 0) is 20.5 Å². The molecule has 0 atom stereocenters. The molecule has 0 aliphatic carbocycles. The van der Waals surface area contributed by atoms with Crippen molar-refractivity contribution in [2.24, 2.45) is 14.1 Å². The number of aromatic nitrogens is 2. The van der Waals surface area contributed by atoms with E-state index in [-0.39, 0.29) is 17.8 Å². The molecule has 2 rings (SSSR count). The van der Waals surface area contributed by atoms with Crippen LogP contribution in [0.2, 0.25) is 0 Å². The third-order valence-corrected chi connectivity index (χ3v) is 3.68. The van der Waals surface area contributed by atoms with Gasteiger partial charge in [-0.15, -0.1) is 0 Å². The van der Waals surface area contributed by atoms with Crippen molar-refractivity contribution in [3.05, 3.63) is 65.7 Å². The Hall–Kier alpha value is -1.44. The van der Waals surface area contributed by atoms with Gasteiger partial charge in [-0.2, -0.15) is 0 Å². The van der Waals surface area contributed by atoms with Crippen molar-refractivity contribution in [1.82, 2.24) is 9.13 Å². The molecule has 0 aliphatic heterocycles. The summed E-state index contributed by atoms with van der Waals surface area (Å²) in [5.41, 5.74) is 0.161. The minimum Gasteiger partial charge on any atom is -0.300 e. The van der Waals surface area contributed by atoms with Gasteiger partial charge in [-0.3, -0.25) is 9.36 Å². The van der Waals surface area contributed by atoms with Gasteiger partial charge in [0.2, 0.25) is 0 Å². The minimum atomic E-state index is -0.409. The lowest BCUT2D eigenvalue weighted by atomic mass is 10.1. The van der Waals surface area contributed by atoms with E-state index in [0.29, 0.717) is 11.3 Å². The zero-order valence-electron chi connectivity index (χ0n) is 10.5. The van der Waals surface area contributed by atoms with Crippen LogP contribution in [-0.4, -0.2) is 9.13 Å². The molecule has 1 aromatic carbocycles. The van der Waals surface area contributed by atoms with Gasteiger partial charge in [0.15, 0.2) is 0 Å². The zero-order valence-corrected chi connectivity index (χ0v) is 12.6. The summed E-state index contributed by atoms with van der Waals surface area (Å²) in [5.74, 6) is -0.333. The zero-order chi connectivity index (χ0) is 14.2. The highest BCUT2D eigenvalue weighted by atomic mass is 127. The first-order valence-electron chi connectivity index (χ1n) is 5.60. The Bertz CT molecular complexity index is 749. The van der Waals surface area contributed by atoms with Crippen LogP contribution in [0.1, 0.15) is 11.3 Å². The Morgan fingerprint density at radius 3 is 2.47 bits per heavy atom. The number of benzene rings is 1. The Labute approximate surface area is 122 Å². The number of halogens is 2. The summed E-state index contributed by atoms with van der Waals surface area (Å²) in [5, 5.41) is 0. The monoisotopic (exact) mass is 374 g/mol. The Kier molecular flexibility index (Phi) is 3.88. The van der Waals surface area contributed by atoms with Crippen LogP contribution in [0.3, 0.4) is 0 Å². The minimum absolute atomic E-state index is 0.213. The van der Waals surface area contributed by atoms with Crippen molar-refractivity contribution >= 4 is 22.6 Å². The normalized spacial score (nSPS) is 10.7. The Morgan fingerprint density at radius 2 is 1.84 bits per heavy atom. The van der Waals surface area contributed by atoms with E-state index in [4.69, 9.17) is 0 Å². The number of hydrogen-bond acceptors (Lipinski definition) is 2. The highest BCUT2D eigenvalue weighted by Crippen LogP contribution is 2.15. The molecule has 0 saturated carbocycles. The molecule has 0 radical (unpaired) electrons. The van der Waals surface area contributed by atoms with E-state index in [1.54, 1.807) is 19.2 Å². The molecule has 0 N–H and O–H groups in total. The van der Waals surface area contributed by atoms with E-state index in [1.807, 2.05) is 22.6 Å². The molecule has 0 amide bonds. The number of rotatable bonds is 2. The van der Waals surface area contributed by atoms with Crippen LogP contribution in [0.5, 0.6) is 0 Å². The van der Waals surface area contributed by atoms with Crippen molar-refractivity contribution in [1.29, 1.82) is 0 Å². The molecule has 6 heteroatoms. The molecule has 4 nitrogen and oxygen atoms in total. The molecule has 1 aromatic heterocycles. The van der Waals surface area contributed by atoms with E-state index < -0.39 is 5.69 Å². The largest absolute Gasteiger partial charge is 0.330 e. The van der Waals surface area contributed by atoms with Gasteiger partial charge in [0.05, 0.1) is 0 Å². The van der Waals surface area contributed by atoms with Gasteiger partial charge in [-0.05, 0) is 40.3 Å². The van der Waals surface area contributed by atoms with E-state index in [1.165, 1.54) is 23.7 Å². The summed E-state index contributed by atoms with van der Waals surface area (Å²) in [6.07, 6.45) is 0.213. The van der Waals surface area contributed by atoms with E-state index >= 15 is 0 Å². The SMILES string of the molecule is Cn1c(Cc2ccc(I)cc2F)cc(=O)n(C)c1=O. The molecule has 1 heterocycles. The quantitative estimate of drug-likeness (QED) is 0.747. The van der Waals surface area contributed by atoms with Crippen molar-refractivity contribution in [3.63, 3.8) is 0 Å². The highest BCUT2D eigenvalue weighted by Gasteiger charge is 2.09. The van der Waals surface area contributed by atoms with Gasteiger partial charge in [0.1, 0.15) is 5.82 Å². The van der Waals surface area contributed by atoms with Gasteiger partial charge < -0.3 is 4.57 Å². The van der Waals surface area contributed by atoms with Gasteiger partial charge in [0.25, 0.3) is 5.56 Å². The van der Waals surface area contributed by atoms with Gasteiger partial charge in [-0.1, -0.05) is 6.07 Å². The van der Waals surface area contributed by atoms with Crippen molar-refractivity contribution in [3.8, 4) is 0 Å². The highest BCUT2D eigenvalue weighted by molar-refractivity contribution is 14.1. The summed E-state index contributed by atoms with van der Waals surface area (Å²) in [6, 6.07) is 6.24. The molecule has 0 saturated heterocycles.